The lowest BCUT2D eigenvalue weighted by atomic mass is 9.80. The van der Waals surface area contributed by atoms with Crippen molar-refractivity contribution in [2.45, 2.75) is 12.8 Å². The van der Waals surface area contributed by atoms with Gasteiger partial charge in [-0.05, 0) is 131 Å². The van der Waals surface area contributed by atoms with E-state index < -0.39 is 0 Å². The molecular weight excluding hydrogens is 941 g/mol. The molecule has 0 aliphatic carbocycles. The molecule has 0 unspecified atom stereocenters. The highest BCUT2D eigenvalue weighted by Gasteiger charge is 2.27. The van der Waals surface area contributed by atoms with Gasteiger partial charge in [0.15, 0.2) is 0 Å². The summed E-state index contributed by atoms with van der Waals surface area (Å²) in [6, 6.07) is 100. The number of para-hydroxylation sites is 4. The minimum absolute atomic E-state index is 0.802. The van der Waals surface area contributed by atoms with Gasteiger partial charge in [-0.3, -0.25) is 0 Å². The van der Waals surface area contributed by atoms with E-state index >= 15 is 0 Å². The quantitative estimate of drug-likeness (QED) is 0.134. The van der Waals surface area contributed by atoms with Crippen LogP contribution in [-0.2, 0) is 12.8 Å². The molecule has 0 spiro atoms. The molecule has 4 heterocycles. The zero-order chi connectivity index (χ0) is 51.0. The number of nitrogens with zero attached hydrogens (tertiary/aromatic N) is 2. The normalized spacial score (nSPS) is 12.2. The van der Waals surface area contributed by atoms with Crippen molar-refractivity contribution in [3.63, 3.8) is 0 Å². The van der Waals surface area contributed by atoms with Gasteiger partial charge in [0.25, 0.3) is 0 Å². The van der Waals surface area contributed by atoms with E-state index in [1.54, 1.807) is 0 Å². The molecule has 0 radical (unpaired) electrons. The van der Waals surface area contributed by atoms with Gasteiger partial charge in [-0.25, -0.2) is 0 Å². The summed E-state index contributed by atoms with van der Waals surface area (Å²) in [6.45, 7) is 0. The number of aromatic nitrogens is 2. The highest BCUT2D eigenvalue weighted by atomic mass is 14.9. The van der Waals surface area contributed by atoms with Gasteiger partial charge in [-0.1, -0.05) is 237 Å². The second-order valence-electron chi connectivity index (χ2n) is 21.4. The number of hydrogen-bond donors (Lipinski definition) is 0. The fourth-order valence-electron chi connectivity index (χ4n) is 14.1. The van der Waals surface area contributed by atoms with Gasteiger partial charge in [0, 0.05) is 43.1 Å². The fourth-order valence-corrected chi connectivity index (χ4v) is 14.1. The van der Waals surface area contributed by atoms with Gasteiger partial charge in [0.05, 0.1) is 33.1 Å². The Labute approximate surface area is 450 Å². The molecule has 2 heteroatoms. The zero-order valence-electron chi connectivity index (χ0n) is 42.7. The Kier molecular flexibility index (Phi) is 9.28. The Hall–Kier alpha value is -10.0. The Bertz CT molecular complexity index is 5010. The summed E-state index contributed by atoms with van der Waals surface area (Å²) in [5, 5.41) is 15.2. The molecule has 0 atom stereocenters. The number of rotatable bonds is 8. The molecule has 0 bridgehead atoms. The first kappa shape index (κ1) is 43.2. The van der Waals surface area contributed by atoms with Crippen molar-refractivity contribution >= 4 is 97.7 Å². The van der Waals surface area contributed by atoms with E-state index in [1.807, 2.05) is 0 Å². The van der Waals surface area contributed by atoms with Crippen LogP contribution >= 0.6 is 0 Å². The van der Waals surface area contributed by atoms with Crippen molar-refractivity contribution in [1.82, 2.24) is 8.80 Å². The van der Waals surface area contributed by atoms with Crippen molar-refractivity contribution in [3.05, 3.63) is 289 Å². The lowest BCUT2D eigenvalue weighted by molar-refractivity contribution is 1.17. The minimum Gasteiger partial charge on any atom is -0.308 e. The maximum atomic E-state index is 2.55. The molecule has 2 nitrogen and oxygen atoms in total. The van der Waals surface area contributed by atoms with Crippen molar-refractivity contribution < 1.29 is 0 Å². The lowest BCUT2D eigenvalue weighted by Crippen LogP contribution is -2.00. The number of hydrogen-bond acceptors (Lipinski definition) is 0. The predicted octanol–water partition coefficient (Wildman–Crippen LogP) is 20.1. The van der Waals surface area contributed by atoms with Crippen LogP contribution in [0.2, 0.25) is 0 Å². The zero-order valence-corrected chi connectivity index (χ0v) is 42.7. The Balaban J connectivity index is 1.02. The van der Waals surface area contributed by atoms with Crippen LogP contribution in [-0.4, -0.2) is 8.80 Å². The van der Waals surface area contributed by atoms with Crippen LogP contribution in [0, 0.1) is 0 Å². The van der Waals surface area contributed by atoms with Crippen LogP contribution in [0.15, 0.2) is 267 Å². The summed E-state index contributed by atoms with van der Waals surface area (Å²) in [6.07, 6.45) is 1.63. The first-order valence-corrected chi connectivity index (χ1v) is 27.3. The highest BCUT2D eigenvalue weighted by molar-refractivity contribution is 6.31. The second kappa shape index (κ2) is 16.7. The molecule has 0 saturated heterocycles. The van der Waals surface area contributed by atoms with Crippen molar-refractivity contribution in [1.29, 1.82) is 0 Å². The Morgan fingerprint density at radius 1 is 0.218 bits per heavy atom. The minimum atomic E-state index is 0.802. The standard InChI is InChI=1S/C76H48N2/c1-3-20-47(21-4-1)44-49-24-7-8-26-51(49)71-50(45-48-22-5-2-6-23-48)25-17-35-64(71)72-56-33-18-31-52(58-40-42-60-54-27-9-13-36-67(54)77-69-38-15-11-29-62(69)73(58)75(60)77)65(56)46-66-53(32-19-34-57(66)72)59-41-43-61-55-28-10-14-37-68(55)78-70-39-16-12-30-63(70)74(59)76(61)78/h1-43,46H,44-45H2. The van der Waals surface area contributed by atoms with E-state index in [0.717, 1.165) is 12.8 Å². The number of benzene rings is 13. The third-order valence-corrected chi connectivity index (χ3v) is 17.3. The summed E-state index contributed by atoms with van der Waals surface area (Å²) in [7, 11) is 0. The average molecular weight is 989 g/mol. The monoisotopic (exact) mass is 988 g/mol. The topological polar surface area (TPSA) is 8.82 Å². The number of fused-ring (bicyclic) bond motifs is 14. The van der Waals surface area contributed by atoms with E-state index in [4.69, 9.17) is 0 Å². The van der Waals surface area contributed by atoms with Crippen LogP contribution in [0.3, 0.4) is 0 Å². The van der Waals surface area contributed by atoms with Crippen molar-refractivity contribution in [2.75, 3.05) is 0 Å². The Morgan fingerprint density at radius 3 is 1.14 bits per heavy atom. The summed E-state index contributed by atoms with van der Waals surface area (Å²) >= 11 is 0. The summed E-state index contributed by atoms with van der Waals surface area (Å²) in [5.41, 5.74) is 22.7. The van der Waals surface area contributed by atoms with Crippen molar-refractivity contribution in [3.8, 4) is 44.5 Å². The van der Waals surface area contributed by atoms with E-state index in [0.29, 0.717) is 0 Å². The maximum Gasteiger partial charge on any atom is 0.0626 e. The third kappa shape index (κ3) is 6.14. The van der Waals surface area contributed by atoms with Gasteiger partial charge in [0.1, 0.15) is 0 Å². The lowest BCUT2D eigenvalue weighted by Gasteiger charge is -2.23. The molecule has 0 fully saturated rings. The van der Waals surface area contributed by atoms with Gasteiger partial charge in [-0.2, -0.15) is 0 Å². The molecule has 362 valence electrons. The largest absolute Gasteiger partial charge is 0.308 e. The van der Waals surface area contributed by atoms with Crippen LogP contribution in [0.4, 0.5) is 0 Å². The van der Waals surface area contributed by atoms with E-state index in [-0.39, 0.29) is 0 Å². The summed E-state index contributed by atoms with van der Waals surface area (Å²) in [5.74, 6) is 0. The van der Waals surface area contributed by atoms with E-state index in [1.165, 1.54) is 164 Å². The molecule has 0 aliphatic heterocycles. The molecule has 13 aromatic carbocycles. The second-order valence-corrected chi connectivity index (χ2v) is 21.4. The third-order valence-electron chi connectivity index (χ3n) is 17.3. The highest BCUT2D eigenvalue weighted by Crippen LogP contribution is 2.52. The van der Waals surface area contributed by atoms with Crippen LogP contribution in [0.5, 0.6) is 0 Å². The van der Waals surface area contributed by atoms with Gasteiger partial charge < -0.3 is 8.80 Å². The van der Waals surface area contributed by atoms with Crippen LogP contribution < -0.4 is 0 Å². The maximum absolute atomic E-state index is 2.55. The summed E-state index contributed by atoms with van der Waals surface area (Å²) < 4.78 is 5.02. The Morgan fingerprint density at radius 2 is 0.603 bits per heavy atom. The average Bonchev–Trinajstić information content (AvgIpc) is 3.91. The molecule has 17 rings (SSSR count). The molecule has 78 heavy (non-hydrogen) atoms. The van der Waals surface area contributed by atoms with Crippen LogP contribution in [0.1, 0.15) is 22.3 Å². The van der Waals surface area contributed by atoms with Crippen LogP contribution in [0.25, 0.3) is 142 Å². The van der Waals surface area contributed by atoms with E-state index in [2.05, 4.69) is 276 Å². The van der Waals surface area contributed by atoms with E-state index in [9.17, 15) is 0 Å². The molecule has 0 saturated carbocycles. The first-order valence-electron chi connectivity index (χ1n) is 27.3. The molecule has 0 N–H and O–H groups in total. The molecule has 17 aromatic rings. The fraction of sp³-hybridized carbons (Fsp3) is 0.0263. The van der Waals surface area contributed by atoms with Gasteiger partial charge in [-0.15, -0.1) is 0 Å². The summed E-state index contributed by atoms with van der Waals surface area (Å²) in [4.78, 5) is 0. The molecule has 0 amide bonds. The van der Waals surface area contributed by atoms with Crippen molar-refractivity contribution in [2.24, 2.45) is 0 Å². The van der Waals surface area contributed by atoms with Gasteiger partial charge in [0.2, 0.25) is 0 Å². The van der Waals surface area contributed by atoms with Gasteiger partial charge >= 0.3 is 0 Å². The SMILES string of the molecule is c1ccc(Cc2ccccc2-c2c(Cc3ccccc3)cccc2-c2c3cccc(-c4ccc5c6ccccc6n6c7ccccc7c4c56)c3cc3c(-c4ccc5c6ccccc6n6c7ccccc7c4c56)cccc23)cc1. The molecular formula is C76H48N2. The predicted molar refractivity (Wildman–Crippen MR) is 331 cm³/mol. The smallest absolute Gasteiger partial charge is 0.0626 e. The molecule has 4 aromatic heterocycles. The molecule has 0 aliphatic rings. The first-order chi connectivity index (χ1) is 38.7.